The second-order valence-corrected chi connectivity index (χ2v) is 5.72. The van der Waals surface area contributed by atoms with E-state index in [2.05, 4.69) is 25.7 Å². The highest BCUT2D eigenvalue weighted by molar-refractivity contribution is 5.54. The maximum atomic E-state index is 9.26. The summed E-state index contributed by atoms with van der Waals surface area (Å²) in [6.07, 6.45) is 9.09. The molecule has 2 aromatic rings. The lowest BCUT2D eigenvalue weighted by Gasteiger charge is -2.06. The van der Waals surface area contributed by atoms with Crippen LogP contribution in [0.3, 0.4) is 0 Å². The second-order valence-electron chi connectivity index (χ2n) is 5.72. The van der Waals surface area contributed by atoms with Crippen LogP contribution >= 0.6 is 0 Å². The monoisotopic (exact) mass is 306 g/mol. The minimum atomic E-state index is 0.272. The maximum absolute atomic E-state index is 9.26. The molecule has 0 saturated heterocycles. The van der Waals surface area contributed by atoms with Gasteiger partial charge >= 0.3 is 0 Å². The fourth-order valence-electron chi connectivity index (χ4n) is 2.21. The van der Waals surface area contributed by atoms with Gasteiger partial charge in [-0.3, -0.25) is 0 Å². The molecular weight excluding hydrogens is 284 g/mol. The van der Waals surface area contributed by atoms with Crippen molar-refractivity contribution >= 4 is 12.2 Å². The smallest absolute Gasteiger partial charge is 0.115 e. The maximum Gasteiger partial charge on any atom is 0.115 e. The summed E-state index contributed by atoms with van der Waals surface area (Å²) < 4.78 is 0. The molecule has 0 aromatic heterocycles. The van der Waals surface area contributed by atoms with Gasteiger partial charge in [0.25, 0.3) is 0 Å². The summed E-state index contributed by atoms with van der Waals surface area (Å²) in [6.45, 7) is 6.24. The van der Waals surface area contributed by atoms with Gasteiger partial charge in [0.2, 0.25) is 0 Å². The van der Waals surface area contributed by atoms with Crippen LogP contribution in [0.1, 0.15) is 24.5 Å². The molecule has 2 N–H and O–H groups in total. The van der Waals surface area contributed by atoms with E-state index < -0.39 is 0 Å². The minimum Gasteiger partial charge on any atom is -0.508 e. The van der Waals surface area contributed by atoms with Crippen LogP contribution in [-0.2, 0) is 0 Å². The molecule has 0 saturated carbocycles. The fourth-order valence-corrected chi connectivity index (χ4v) is 2.21. The molecule has 1 atom stereocenters. The third kappa shape index (κ3) is 5.87. The quantitative estimate of drug-likeness (QED) is 0.701. The van der Waals surface area contributed by atoms with Gasteiger partial charge in [-0.15, -0.1) is 0 Å². The molecule has 0 aliphatic carbocycles. The number of aromatic hydroxyl groups is 2. The summed E-state index contributed by atoms with van der Waals surface area (Å²) in [7, 11) is 0. The Morgan fingerprint density at radius 3 is 1.91 bits per heavy atom. The molecule has 2 nitrogen and oxygen atoms in total. The van der Waals surface area contributed by atoms with Gasteiger partial charge in [-0.1, -0.05) is 67.6 Å². The zero-order chi connectivity index (χ0) is 16.7. The van der Waals surface area contributed by atoms with E-state index in [-0.39, 0.29) is 11.5 Å². The Labute approximate surface area is 137 Å². The summed E-state index contributed by atoms with van der Waals surface area (Å²) in [5.41, 5.74) is 3.16. The number of hydrogen-bond acceptors (Lipinski definition) is 2. The van der Waals surface area contributed by atoms with Crippen molar-refractivity contribution in [1.82, 2.24) is 0 Å². The zero-order valence-corrected chi connectivity index (χ0v) is 13.3. The lowest BCUT2D eigenvalue weighted by molar-refractivity contribution is 0.474. The standard InChI is InChI=1S/C21H22O2/c1-16(3-5-18-7-11-20(22)12-8-18)15-17(2)4-6-19-9-13-21(23)14-10-19/h3-14,17,22-23H,1,15H2,2H3/b5-3+,6-4+. The Bertz CT molecular complexity index is 692. The third-order valence-electron chi connectivity index (χ3n) is 3.50. The molecule has 2 rings (SSSR count). The van der Waals surface area contributed by atoms with Crippen LogP contribution in [0, 0.1) is 5.92 Å². The highest BCUT2D eigenvalue weighted by Crippen LogP contribution is 2.17. The fraction of sp³-hybridized carbons (Fsp3) is 0.143. The number of benzene rings is 2. The van der Waals surface area contributed by atoms with Gasteiger partial charge in [-0.05, 0) is 47.7 Å². The number of phenols is 2. The predicted octanol–water partition coefficient (Wildman–Crippen LogP) is 5.41. The average Bonchev–Trinajstić information content (AvgIpc) is 2.54. The molecule has 0 aliphatic heterocycles. The molecule has 0 fully saturated rings. The summed E-state index contributed by atoms with van der Waals surface area (Å²) in [5.74, 6) is 0.928. The first-order valence-electron chi connectivity index (χ1n) is 7.65. The highest BCUT2D eigenvalue weighted by Gasteiger charge is 1.99. The Kier molecular flexibility index (Phi) is 5.81. The van der Waals surface area contributed by atoms with Crippen LogP contribution in [0.4, 0.5) is 0 Å². The molecule has 23 heavy (non-hydrogen) atoms. The Balaban J connectivity index is 1.86. The minimum absolute atomic E-state index is 0.272. The van der Waals surface area contributed by atoms with E-state index in [9.17, 15) is 10.2 Å². The van der Waals surface area contributed by atoms with Crippen LogP contribution in [0.25, 0.3) is 12.2 Å². The molecule has 118 valence electrons. The molecule has 0 aliphatic rings. The number of phenolic OH excluding ortho intramolecular Hbond substituents is 2. The summed E-state index contributed by atoms with van der Waals surface area (Å²) >= 11 is 0. The molecule has 2 aromatic carbocycles. The molecule has 0 radical (unpaired) electrons. The SMILES string of the molecule is C=C(/C=C/c1ccc(O)cc1)CC(C)/C=C/c1ccc(O)cc1. The summed E-state index contributed by atoms with van der Waals surface area (Å²) in [4.78, 5) is 0. The van der Waals surface area contributed by atoms with Crippen molar-refractivity contribution in [3.8, 4) is 11.5 Å². The first-order valence-corrected chi connectivity index (χ1v) is 7.65. The largest absolute Gasteiger partial charge is 0.508 e. The molecular formula is C21H22O2. The van der Waals surface area contributed by atoms with Crippen molar-refractivity contribution < 1.29 is 10.2 Å². The zero-order valence-electron chi connectivity index (χ0n) is 13.3. The van der Waals surface area contributed by atoms with E-state index in [0.29, 0.717) is 5.92 Å². The van der Waals surface area contributed by atoms with Crippen molar-refractivity contribution in [3.63, 3.8) is 0 Å². The van der Waals surface area contributed by atoms with Crippen LogP contribution in [0.15, 0.2) is 72.8 Å². The third-order valence-corrected chi connectivity index (χ3v) is 3.50. The molecule has 2 heteroatoms. The highest BCUT2D eigenvalue weighted by atomic mass is 16.3. The first kappa shape index (κ1) is 16.6. The normalized spacial score (nSPS) is 12.7. The van der Waals surface area contributed by atoms with Gasteiger partial charge < -0.3 is 10.2 Å². The Morgan fingerprint density at radius 1 is 0.913 bits per heavy atom. The summed E-state index contributed by atoms with van der Waals surface area (Å²) in [6, 6.07) is 14.2. The van der Waals surface area contributed by atoms with Gasteiger partial charge in [0.05, 0.1) is 0 Å². The molecule has 1 unspecified atom stereocenters. The predicted molar refractivity (Wildman–Crippen MR) is 97.2 cm³/mol. The van der Waals surface area contributed by atoms with Gasteiger partial charge in [-0.25, -0.2) is 0 Å². The van der Waals surface area contributed by atoms with Crippen LogP contribution in [-0.4, -0.2) is 10.2 Å². The van der Waals surface area contributed by atoms with Crippen LogP contribution in [0.5, 0.6) is 11.5 Å². The Hall–Kier alpha value is -2.74. The Morgan fingerprint density at radius 2 is 1.39 bits per heavy atom. The molecule has 0 spiro atoms. The summed E-state index contributed by atoms with van der Waals surface area (Å²) in [5, 5.41) is 18.5. The van der Waals surface area contributed by atoms with Gasteiger partial charge in [-0.2, -0.15) is 0 Å². The second kappa shape index (κ2) is 8.04. The van der Waals surface area contributed by atoms with Crippen molar-refractivity contribution in [2.75, 3.05) is 0 Å². The van der Waals surface area contributed by atoms with Crippen LogP contribution in [0.2, 0.25) is 0 Å². The lowest BCUT2D eigenvalue weighted by atomic mass is 10.00. The van der Waals surface area contributed by atoms with Crippen molar-refractivity contribution in [2.45, 2.75) is 13.3 Å². The topological polar surface area (TPSA) is 40.5 Å². The van der Waals surface area contributed by atoms with Crippen molar-refractivity contribution in [3.05, 3.63) is 84.0 Å². The van der Waals surface area contributed by atoms with E-state index >= 15 is 0 Å². The van der Waals surface area contributed by atoms with E-state index in [1.807, 2.05) is 36.4 Å². The molecule has 0 amide bonds. The van der Waals surface area contributed by atoms with E-state index in [1.165, 1.54) is 0 Å². The number of rotatable bonds is 6. The van der Waals surface area contributed by atoms with Crippen LogP contribution < -0.4 is 0 Å². The molecule has 0 heterocycles. The van der Waals surface area contributed by atoms with Gasteiger partial charge in [0.15, 0.2) is 0 Å². The van der Waals surface area contributed by atoms with E-state index in [4.69, 9.17) is 0 Å². The van der Waals surface area contributed by atoms with Crippen molar-refractivity contribution in [1.29, 1.82) is 0 Å². The lowest BCUT2D eigenvalue weighted by Crippen LogP contribution is -1.90. The van der Waals surface area contributed by atoms with Gasteiger partial charge in [0.1, 0.15) is 11.5 Å². The number of allylic oxidation sites excluding steroid dienone is 3. The first-order chi connectivity index (χ1) is 11.0. The number of hydrogen-bond donors (Lipinski definition) is 2. The van der Waals surface area contributed by atoms with Gasteiger partial charge in [0, 0.05) is 0 Å². The van der Waals surface area contributed by atoms with E-state index in [0.717, 1.165) is 23.1 Å². The van der Waals surface area contributed by atoms with E-state index in [1.54, 1.807) is 24.3 Å². The average molecular weight is 306 g/mol. The van der Waals surface area contributed by atoms with Crippen molar-refractivity contribution in [2.24, 2.45) is 5.92 Å². The molecule has 0 bridgehead atoms.